The maximum absolute atomic E-state index is 12.9. The summed E-state index contributed by atoms with van der Waals surface area (Å²) in [5.41, 5.74) is 1.41. The van der Waals surface area contributed by atoms with Gasteiger partial charge in [-0.15, -0.1) is 0 Å². The van der Waals surface area contributed by atoms with Crippen LogP contribution in [0.2, 0.25) is 0 Å². The number of carbonyl (C=O) groups is 2. The Morgan fingerprint density at radius 2 is 1.93 bits per heavy atom. The highest BCUT2D eigenvalue weighted by atomic mass is 16.2. The zero-order valence-electron chi connectivity index (χ0n) is 17.4. The van der Waals surface area contributed by atoms with Crippen LogP contribution < -0.4 is 0 Å². The van der Waals surface area contributed by atoms with Crippen molar-refractivity contribution in [1.82, 2.24) is 24.6 Å². The molecule has 2 fully saturated rings. The van der Waals surface area contributed by atoms with Gasteiger partial charge in [-0.2, -0.15) is 0 Å². The minimum Gasteiger partial charge on any atom is -0.335 e. The first kappa shape index (κ1) is 20.6. The largest absolute Gasteiger partial charge is 0.335 e. The maximum atomic E-state index is 12.9. The Labute approximate surface area is 168 Å². The third-order valence-corrected chi connectivity index (χ3v) is 5.84. The average Bonchev–Trinajstić information content (AvgIpc) is 3.18. The van der Waals surface area contributed by atoms with Gasteiger partial charge in [0, 0.05) is 46.5 Å². The number of hydrogen-bond donors (Lipinski definition) is 0. The average molecular weight is 388 g/mol. The van der Waals surface area contributed by atoms with Crippen LogP contribution in [0.4, 0.5) is 4.79 Å². The van der Waals surface area contributed by atoms with Crippen molar-refractivity contribution < 1.29 is 9.59 Å². The van der Waals surface area contributed by atoms with Crippen LogP contribution in [0.5, 0.6) is 0 Å². The van der Waals surface area contributed by atoms with Gasteiger partial charge >= 0.3 is 6.03 Å². The van der Waals surface area contributed by atoms with E-state index in [1.165, 1.54) is 19.3 Å². The van der Waals surface area contributed by atoms with Crippen LogP contribution in [-0.4, -0.2) is 95.9 Å². The van der Waals surface area contributed by atoms with E-state index in [0.717, 1.165) is 31.6 Å². The van der Waals surface area contributed by atoms with Crippen molar-refractivity contribution in [3.05, 3.63) is 29.6 Å². The number of rotatable bonds is 5. The fraction of sp³-hybridized carbons (Fsp3) is 0.667. The summed E-state index contributed by atoms with van der Waals surface area (Å²) in [4.78, 5) is 37.9. The highest BCUT2D eigenvalue weighted by molar-refractivity contribution is 5.93. The number of aryl methyl sites for hydroxylation is 1. The monoisotopic (exact) mass is 387 g/mol. The molecule has 1 atom stereocenters. The molecular formula is C21H33N5O2. The molecule has 1 aromatic rings. The van der Waals surface area contributed by atoms with Crippen molar-refractivity contribution in [3.63, 3.8) is 0 Å². The number of hydrogen-bond acceptors (Lipinski definition) is 4. The van der Waals surface area contributed by atoms with Gasteiger partial charge in [-0.1, -0.05) is 12.5 Å². The fourth-order valence-corrected chi connectivity index (χ4v) is 4.16. The van der Waals surface area contributed by atoms with Gasteiger partial charge in [0.15, 0.2) is 0 Å². The van der Waals surface area contributed by atoms with E-state index >= 15 is 0 Å². The van der Waals surface area contributed by atoms with Gasteiger partial charge in [0.2, 0.25) is 0 Å². The summed E-state index contributed by atoms with van der Waals surface area (Å²) in [6, 6.07) is 3.85. The van der Waals surface area contributed by atoms with E-state index in [0.29, 0.717) is 25.3 Å². The second kappa shape index (κ2) is 9.37. The highest BCUT2D eigenvalue weighted by Crippen LogP contribution is 2.20. The molecular weight excluding hydrogens is 354 g/mol. The summed E-state index contributed by atoms with van der Waals surface area (Å²) in [5.74, 6) is -0.0334. The SMILES string of the molecule is Cc1cccnc1C(=O)N1CCC(N(CCN2CCCCC2)C(=O)N(C)C)C1. The van der Waals surface area contributed by atoms with Crippen molar-refractivity contribution in [3.8, 4) is 0 Å². The lowest BCUT2D eigenvalue weighted by molar-refractivity contribution is 0.0767. The Hall–Kier alpha value is -2.15. The van der Waals surface area contributed by atoms with Gasteiger partial charge in [-0.25, -0.2) is 4.79 Å². The summed E-state index contributed by atoms with van der Waals surface area (Å²) in [5, 5.41) is 0. The molecule has 2 saturated heterocycles. The molecule has 0 saturated carbocycles. The molecule has 7 nitrogen and oxygen atoms in total. The van der Waals surface area contributed by atoms with E-state index in [4.69, 9.17) is 0 Å². The Bertz CT molecular complexity index is 687. The van der Waals surface area contributed by atoms with Crippen LogP contribution >= 0.6 is 0 Å². The van der Waals surface area contributed by atoms with Crippen molar-refractivity contribution >= 4 is 11.9 Å². The molecule has 28 heavy (non-hydrogen) atoms. The van der Waals surface area contributed by atoms with E-state index in [1.54, 1.807) is 25.2 Å². The van der Waals surface area contributed by atoms with Crippen LogP contribution in [0.15, 0.2) is 18.3 Å². The molecule has 2 aliphatic rings. The van der Waals surface area contributed by atoms with Gasteiger partial charge in [0.25, 0.3) is 5.91 Å². The Kier molecular flexibility index (Phi) is 6.88. The molecule has 2 aliphatic heterocycles. The van der Waals surface area contributed by atoms with Gasteiger partial charge in [-0.05, 0) is 50.9 Å². The van der Waals surface area contributed by atoms with Crippen LogP contribution in [0.3, 0.4) is 0 Å². The number of piperidine rings is 1. The first-order chi connectivity index (χ1) is 13.5. The molecule has 0 radical (unpaired) electrons. The lowest BCUT2D eigenvalue weighted by Gasteiger charge is -2.34. The van der Waals surface area contributed by atoms with Crippen molar-refractivity contribution in [2.24, 2.45) is 0 Å². The quantitative estimate of drug-likeness (QED) is 0.776. The lowest BCUT2D eigenvalue weighted by atomic mass is 10.1. The number of amides is 3. The van der Waals surface area contributed by atoms with Crippen LogP contribution in [0.1, 0.15) is 41.7 Å². The molecule has 0 aromatic carbocycles. The maximum Gasteiger partial charge on any atom is 0.319 e. The van der Waals surface area contributed by atoms with E-state index in [9.17, 15) is 9.59 Å². The molecule has 0 aliphatic carbocycles. The predicted octanol–water partition coefficient (Wildman–Crippen LogP) is 2.07. The number of urea groups is 1. The second-order valence-corrected chi connectivity index (χ2v) is 8.14. The van der Waals surface area contributed by atoms with E-state index in [2.05, 4.69) is 9.88 Å². The molecule has 3 rings (SSSR count). The number of pyridine rings is 1. The van der Waals surface area contributed by atoms with Crippen LogP contribution in [0.25, 0.3) is 0 Å². The number of carbonyl (C=O) groups excluding carboxylic acids is 2. The first-order valence-electron chi connectivity index (χ1n) is 10.4. The summed E-state index contributed by atoms with van der Waals surface area (Å²) >= 11 is 0. The third kappa shape index (κ3) is 4.82. The molecule has 1 aromatic heterocycles. The predicted molar refractivity (Wildman–Crippen MR) is 109 cm³/mol. The smallest absolute Gasteiger partial charge is 0.319 e. The van der Waals surface area contributed by atoms with Gasteiger partial charge < -0.3 is 19.6 Å². The molecule has 1 unspecified atom stereocenters. The van der Waals surface area contributed by atoms with Gasteiger partial charge in [0.05, 0.1) is 6.04 Å². The zero-order valence-corrected chi connectivity index (χ0v) is 17.4. The summed E-state index contributed by atoms with van der Waals surface area (Å²) in [7, 11) is 3.59. The van der Waals surface area contributed by atoms with E-state index in [-0.39, 0.29) is 18.0 Å². The number of nitrogens with zero attached hydrogens (tertiary/aromatic N) is 5. The lowest BCUT2D eigenvalue weighted by Crippen LogP contribution is -2.50. The topological polar surface area (TPSA) is 60.0 Å². The Morgan fingerprint density at radius 3 is 2.61 bits per heavy atom. The molecule has 154 valence electrons. The second-order valence-electron chi connectivity index (χ2n) is 8.14. The number of likely N-dealkylation sites (tertiary alicyclic amines) is 2. The zero-order chi connectivity index (χ0) is 20.1. The fourth-order valence-electron chi connectivity index (χ4n) is 4.16. The Morgan fingerprint density at radius 1 is 1.18 bits per heavy atom. The Balaban J connectivity index is 1.64. The molecule has 3 amide bonds. The van der Waals surface area contributed by atoms with Crippen molar-refractivity contribution in [2.75, 3.05) is 53.4 Å². The first-order valence-corrected chi connectivity index (χ1v) is 10.4. The molecule has 0 bridgehead atoms. The van der Waals surface area contributed by atoms with E-state index < -0.39 is 0 Å². The van der Waals surface area contributed by atoms with Crippen molar-refractivity contribution in [1.29, 1.82) is 0 Å². The molecule has 0 N–H and O–H groups in total. The molecule has 3 heterocycles. The van der Waals surface area contributed by atoms with Gasteiger partial charge in [-0.3, -0.25) is 9.78 Å². The third-order valence-electron chi connectivity index (χ3n) is 5.84. The van der Waals surface area contributed by atoms with Crippen LogP contribution in [-0.2, 0) is 0 Å². The minimum absolute atomic E-state index is 0.0327. The number of aromatic nitrogens is 1. The highest BCUT2D eigenvalue weighted by Gasteiger charge is 2.34. The standard InChI is InChI=1S/C21H33N5O2/c1-17-8-7-10-22-19(17)20(27)25-13-9-18(16-25)26(21(28)23(2)3)15-14-24-11-5-4-6-12-24/h7-8,10,18H,4-6,9,11-16H2,1-3H3. The van der Waals surface area contributed by atoms with E-state index in [1.807, 2.05) is 28.9 Å². The summed E-state index contributed by atoms with van der Waals surface area (Å²) < 4.78 is 0. The molecule has 0 spiro atoms. The van der Waals surface area contributed by atoms with Crippen LogP contribution in [0, 0.1) is 6.92 Å². The van der Waals surface area contributed by atoms with Gasteiger partial charge in [0.1, 0.15) is 5.69 Å². The normalized spacial score (nSPS) is 20.2. The summed E-state index contributed by atoms with van der Waals surface area (Å²) in [6.45, 7) is 7.02. The summed E-state index contributed by atoms with van der Waals surface area (Å²) in [6.07, 6.45) is 6.28. The van der Waals surface area contributed by atoms with Crippen molar-refractivity contribution in [2.45, 2.75) is 38.6 Å². The minimum atomic E-state index is -0.0334. The molecule has 7 heteroatoms.